The van der Waals surface area contributed by atoms with Crippen LogP contribution >= 0.6 is 23.5 Å². The molecule has 1 fully saturated rings. The Morgan fingerprint density at radius 3 is 2.95 bits per heavy atom. The van der Waals surface area contributed by atoms with Gasteiger partial charge in [0.15, 0.2) is 0 Å². The molecule has 2 atom stereocenters. The van der Waals surface area contributed by atoms with Crippen molar-refractivity contribution >= 4 is 29.2 Å². The third kappa shape index (κ3) is 4.12. The van der Waals surface area contributed by atoms with Crippen molar-refractivity contribution in [3.63, 3.8) is 0 Å². The highest BCUT2D eigenvalue weighted by molar-refractivity contribution is 8.02. The molecule has 124 valence electrons. The lowest BCUT2D eigenvalue weighted by Gasteiger charge is -2.25. The maximum absolute atomic E-state index is 5.37. The molecule has 22 heavy (non-hydrogen) atoms. The molecule has 0 amide bonds. The van der Waals surface area contributed by atoms with Crippen LogP contribution in [0.25, 0.3) is 0 Å². The molecule has 1 aliphatic heterocycles. The quantitative estimate of drug-likeness (QED) is 0.619. The predicted octanol–water partition coefficient (Wildman–Crippen LogP) is 4.17. The van der Waals surface area contributed by atoms with Crippen molar-refractivity contribution in [2.75, 3.05) is 32.8 Å². The van der Waals surface area contributed by atoms with Crippen molar-refractivity contribution in [3.8, 4) is 0 Å². The highest BCUT2D eigenvalue weighted by Crippen LogP contribution is 2.32. The summed E-state index contributed by atoms with van der Waals surface area (Å²) in [7, 11) is 1.78. The summed E-state index contributed by atoms with van der Waals surface area (Å²) in [4.78, 5) is 1.38. The zero-order valence-electron chi connectivity index (χ0n) is 14.2. The van der Waals surface area contributed by atoms with Crippen LogP contribution < -0.4 is 0 Å². The largest absolute Gasteiger partial charge is 0.382 e. The third-order valence-corrected chi connectivity index (χ3v) is 6.27. The average molecular weight is 341 g/mol. The van der Waals surface area contributed by atoms with Crippen LogP contribution in [-0.4, -0.2) is 54.8 Å². The first kappa shape index (κ1) is 18.0. The molecule has 1 heterocycles. The van der Waals surface area contributed by atoms with E-state index in [4.69, 9.17) is 9.84 Å². The summed E-state index contributed by atoms with van der Waals surface area (Å²) in [6.45, 7) is 4.09. The molecule has 0 saturated carbocycles. The van der Waals surface area contributed by atoms with Crippen molar-refractivity contribution in [2.24, 2.45) is 5.10 Å². The smallest absolute Gasteiger partial charge is 0.0781 e. The fourth-order valence-electron chi connectivity index (χ4n) is 3.15. The van der Waals surface area contributed by atoms with Crippen LogP contribution in [0.3, 0.4) is 0 Å². The van der Waals surface area contributed by atoms with Crippen molar-refractivity contribution in [1.82, 2.24) is 5.01 Å². The lowest BCUT2D eigenvalue weighted by atomic mass is 10.1. The molecule has 1 aliphatic carbocycles. The molecule has 0 bridgehead atoms. The molecule has 0 N–H and O–H groups in total. The van der Waals surface area contributed by atoms with Gasteiger partial charge in [0.05, 0.1) is 18.4 Å². The van der Waals surface area contributed by atoms with Crippen LogP contribution in [0.2, 0.25) is 0 Å². The highest BCUT2D eigenvalue weighted by Gasteiger charge is 2.27. The first-order chi connectivity index (χ1) is 10.7. The van der Waals surface area contributed by atoms with Crippen LogP contribution in [-0.2, 0) is 4.74 Å². The molecule has 2 rings (SSSR count). The summed E-state index contributed by atoms with van der Waals surface area (Å²) in [6.07, 6.45) is 13.4. The third-order valence-electron chi connectivity index (χ3n) is 4.32. The molecule has 2 aliphatic rings. The van der Waals surface area contributed by atoms with E-state index in [0.29, 0.717) is 11.3 Å². The number of nitrogens with zero attached hydrogens (tertiary/aromatic N) is 2. The van der Waals surface area contributed by atoms with E-state index in [-0.39, 0.29) is 0 Å². The van der Waals surface area contributed by atoms with E-state index in [1.54, 1.807) is 7.11 Å². The van der Waals surface area contributed by atoms with Crippen LogP contribution in [0, 0.1) is 0 Å². The summed E-state index contributed by atoms with van der Waals surface area (Å²) in [5, 5.41) is 7.89. The maximum Gasteiger partial charge on any atom is 0.0781 e. The summed E-state index contributed by atoms with van der Waals surface area (Å²) >= 11 is 3.75. The Balaban J connectivity index is 2.30. The Bertz CT molecular complexity index is 456. The number of hydrogen-bond donors (Lipinski definition) is 0. The van der Waals surface area contributed by atoms with E-state index in [9.17, 15) is 0 Å². The maximum atomic E-state index is 5.37. The van der Waals surface area contributed by atoms with E-state index in [1.165, 1.54) is 29.0 Å². The fourth-order valence-corrected chi connectivity index (χ4v) is 4.56. The van der Waals surface area contributed by atoms with Gasteiger partial charge in [-0.3, -0.25) is 5.01 Å². The van der Waals surface area contributed by atoms with E-state index >= 15 is 0 Å². The van der Waals surface area contributed by atoms with Gasteiger partial charge in [-0.15, -0.1) is 11.8 Å². The molecule has 5 heteroatoms. The van der Waals surface area contributed by atoms with Gasteiger partial charge in [-0.1, -0.05) is 19.1 Å². The van der Waals surface area contributed by atoms with Gasteiger partial charge in [0.2, 0.25) is 0 Å². The molecule has 0 aromatic carbocycles. The lowest BCUT2D eigenvalue weighted by molar-refractivity contribution is 0.118. The minimum Gasteiger partial charge on any atom is -0.382 e. The molecule has 3 nitrogen and oxygen atoms in total. The number of allylic oxidation sites excluding steroid dienone is 3. The second-order valence-electron chi connectivity index (χ2n) is 5.69. The van der Waals surface area contributed by atoms with Crippen molar-refractivity contribution in [3.05, 3.63) is 22.6 Å². The molecule has 0 aromatic heterocycles. The number of rotatable bonds is 8. The second kappa shape index (κ2) is 9.04. The highest BCUT2D eigenvalue weighted by atomic mass is 32.2. The SMILES string of the molecule is CCC(SC)/C(=N\N1CCCC1COC)C1=C(SC)C=CC1. The van der Waals surface area contributed by atoms with E-state index in [0.717, 1.165) is 26.0 Å². The Hall–Kier alpha value is -0.390. The normalized spacial score (nSPS) is 23.7. The van der Waals surface area contributed by atoms with Gasteiger partial charge >= 0.3 is 0 Å². The van der Waals surface area contributed by atoms with Crippen molar-refractivity contribution in [1.29, 1.82) is 0 Å². The monoisotopic (exact) mass is 340 g/mol. The molecular formula is C17H28N2OS2. The molecule has 0 aromatic rings. The van der Waals surface area contributed by atoms with E-state index in [2.05, 4.69) is 36.6 Å². The summed E-state index contributed by atoms with van der Waals surface area (Å²) in [5.74, 6) is 0. The van der Waals surface area contributed by atoms with E-state index < -0.39 is 0 Å². The van der Waals surface area contributed by atoms with Crippen LogP contribution in [0.15, 0.2) is 27.7 Å². The van der Waals surface area contributed by atoms with Gasteiger partial charge in [0.25, 0.3) is 0 Å². The minimum atomic E-state index is 0.437. The van der Waals surface area contributed by atoms with Gasteiger partial charge < -0.3 is 4.74 Å². The molecule has 0 radical (unpaired) electrons. The van der Waals surface area contributed by atoms with Gasteiger partial charge in [-0.05, 0) is 43.8 Å². The van der Waals surface area contributed by atoms with Gasteiger partial charge in [0.1, 0.15) is 0 Å². The van der Waals surface area contributed by atoms with Gasteiger partial charge in [-0.25, -0.2) is 0 Å². The average Bonchev–Trinajstić information content (AvgIpc) is 3.16. The van der Waals surface area contributed by atoms with Crippen molar-refractivity contribution in [2.45, 2.75) is 43.9 Å². The summed E-state index contributed by atoms with van der Waals surface area (Å²) in [6, 6.07) is 0.437. The minimum absolute atomic E-state index is 0.437. The zero-order valence-corrected chi connectivity index (χ0v) is 15.8. The van der Waals surface area contributed by atoms with Crippen LogP contribution in [0.4, 0.5) is 0 Å². The Kier molecular flexibility index (Phi) is 7.38. The number of hydrogen-bond acceptors (Lipinski definition) is 5. The number of ether oxygens (including phenoxy) is 1. The van der Waals surface area contributed by atoms with E-state index in [1.807, 2.05) is 23.5 Å². The second-order valence-corrected chi connectivity index (χ2v) is 7.57. The molecule has 1 saturated heterocycles. The zero-order chi connectivity index (χ0) is 15.9. The fraction of sp³-hybridized carbons (Fsp3) is 0.706. The summed E-state index contributed by atoms with van der Waals surface area (Å²) < 4.78 is 5.37. The predicted molar refractivity (Wildman–Crippen MR) is 101 cm³/mol. The Morgan fingerprint density at radius 1 is 1.50 bits per heavy atom. The molecular weight excluding hydrogens is 312 g/mol. The Labute approximate surface area is 143 Å². The Morgan fingerprint density at radius 2 is 2.32 bits per heavy atom. The van der Waals surface area contributed by atoms with Crippen LogP contribution in [0.1, 0.15) is 32.6 Å². The topological polar surface area (TPSA) is 24.8 Å². The standard InChI is InChI=1S/C17H28N2OS2/c1-5-15(21-3)17(14-9-6-10-16(14)22-4)18-19-11-7-8-13(19)12-20-2/h6,10,13,15H,5,7-9,11-12H2,1-4H3/b18-17-. The molecule has 0 spiro atoms. The summed E-state index contributed by atoms with van der Waals surface area (Å²) in [5.41, 5.74) is 2.71. The number of thioether (sulfide) groups is 2. The number of hydrazone groups is 1. The first-order valence-electron chi connectivity index (χ1n) is 8.06. The molecule has 2 unspecified atom stereocenters. The first-order valence-corrected chi connectivity index (χ1v) is 10.6. The number of methoxy groups -OCH3 is 1. The van der Waals surface area contributed by atoms with Crippen LogP contribution in [0.5, 0.6) is 0 Å². The van der Waals surface area contributed by atoms with Gasteiger partial charge in [-0.2, -0.15) is 16.9 Å². The van der Waals surface area contributed by atoms with Crippen molar-refractivity contribution < 1.29 is 4.74 Å². The lowest BCUT2D eigenvalue weighted by Crippen LogP contribution is -2.32. The van der Waals surface area contributed by atoms with Gasteiger partial charge in [0, 0.05) is 23.8 Å².